The first kappa shape index (κ1) is 14.2. The summed E-state index contributed by atoms with van der Waals surface area (Å²) in [4.78, 5) is 0. The molecule has 1 heterocycles. The van der Waals surface area contributed by atoms with Crippen LogP contribution in [0.3, 0.4) is 0 Å². The van der Waals surface area contributed by atoms with Gasteiger partial charge in [-0.15, -0.1) is 0 Å². The van der Waals surface area contributed by atoms with Crippen molar-refractivity contribution in [1.82, 2.24) is 0 Å². The molecule has 0 aliphatic carbocycles. The van der Waals surface area contributed by atoms with Gasteiger partial charge in [-0.25, -0.2) is 0 Å². The Morgan fingerprint density at radius 3 is 2.58 bits per heavy atom. The maximum Gasteiger partial charge on any atom is 0.416 e. The molecule has 1 atom stereocenters. The van der Waals surface area contributed by atoms with Crippen LogP contribution < -0.4 is 5.32 Å². The van der Waals surface area contributed by atoms with Crippen LogP contribution in [0, 0.1) is 0 Å². The molecular formula is C13H11ClF3NS. The molecule has 0 radical (unpaired) electrons. The first-order valence-corrected chi connectivity index (χ1v) is 6.85. The zero-order valence-corrected chi connectivity index (χ0v) is 11.5. The van der Waals surface area contributed by atoms with E-state index in [4.69, 9.17) is 11.6 Å². The van der Waals surface area contributed by atoms with Crippen LogP contribution in [0.5, 0.6) is 0 Å². The fourth-order valence-corrected chi connectivity index (χ4v) is 2.68. The number of anilines is 1. The highest BCUT2D eigenvalue weighted by Gasteiger charge is 2.31. The monoisotopic (exact) mass is 305 g/mol. The van der Waals surface area contributed by atoms with E-state index in [-0.39, 0.29) is 11.1 Å². The number of hydrogen-bond donors (Lipinski definition) is 1. The quantitative estimate of drug-likeness (QED) is 0.779. The van der Waals surface area contributed by atoms with Crippen molar-refractivity contribution in [1.29, 1.82) is 0 Å². The Morgan fingerprint density at radius 2 is 2.00 bits per heavy atom. The molecule has 0 fully saturated rings. The van der Waals surface area contributed by atoms with Gasteiger partial charge < -0.3 is 5.32 Å². The number of rotatable bonds is 3. The number of halogens is 4. The van der Waals surface area contributed by atoms with Crippen LogP contribution in [0.4, 0.5) is 18.9 Å². The molecule has 19 heavy (non-hydrogen) atoms. The first-order valence-electron chi connectivity index (χ1n) is 5.52. The Labute approximate surface area is 118 Å². The largest absolute Gasteiger partial charge is 0.416 e. The third kappa shape index (κ3) is 3.64. The minimum absolute atomic E-state index is 0.0647. The van der Waals surface area contributed by atoms with Gasteiger partial charge in [0, 0.05) is 16.8 Å². The van der Waals surface area contributed by atoms with E-state index in [0.717, 1.165) is 17.7 Å². The Kier molecular flexibility index (Phi) is 4.06. The van der Waals surface area contributed by atoms with Gasteiger partial charge in [-0.1, -0.05) is 11.6 Å². The Hall–Kier alpha value is -1.20. The molecule has 1 nitrogen and oxygen atoms in total. The summed E-state index contributed by atoms with van der Waals surface area (Å²) in [5.41, 5.74) is 0.636. The van der Waals surface area contributed by atoms with Crippen LogP contribution in [0.2, 0.25) is 5.02 Å². The van der Waals surface area contributed by atoms with E-state index in [2.05, 4.69) is 5.32 Å². The van der Waals surface area contributed by atoms with E-state index in [1.54, 1.807) is 11.3 Å². The minimum atomic E-state index is -4.40. The zero-order valence-electron chi connectivity index (χ0n) is 9.96. The SMILES string of the molecule is CC(Nc1cc(Cl)cc(C(F)(F)F)c1)c1ccsc1. The summed E-state index contributed by atoms with van der Waals surface area (Å²) in [5, 5.41) is 6.96. The molecule has 2 aromatic rings. The molecule has 2 rings (SSSR count). The number of alkyl halides is 3. The lowest BCUT2D eigenvalue weighted by Gasteiger charge is -2.16. The van der Waals surface area contributed by atoms with Crippen molar-refractivity contribution in [2.75, 3.05) is 5.32 Å². The van der Waals surface area contributed by atoms with Crippen LogP contribution >= 0.6 is 22.9 Å². The third-order valence-corrected chi connectivity index (χ3v) is 3.57. The van der Waals surface area contributed by atoms with Crippen LogP contribution in [-0.4, -0.2) is 0 Å². The lowest BCUT2D eigenvalue weighted by molar-refractivity contribution is -0.137. The summed E-state index contributed by atoms with van der Waals surface area (Å²) in [7, 11) is 0. The Morgan fingerprint density at radius 1 is 1.26 bits per heavy atom. The molecule has 0 amide bonds. The molecule has 1 aromatic heterocycles. The average molecular weight is 306 g/mol. The van der Waals surface area contributed by atoms with E-state index in [1.807, 2.05) is 23.8 Å². The van der Waals surface area contributed by atoms with Gasteiger partial charge in [0.2, 0.25) is 0 Å². The smallest absolute Gasteiger partial charge is 0.378 e. The van der Waals surface area contributed by atoms with Gasteiger partial charge in [0.1, 0.15) is 0 Å². The highest BCUT2D eigenvalue weighted by Crippen LogP contribution is 2.34. The van der Waals surface area contributed by atoms with Crippen molar-refractivity contribution < 1.29 is 13.2 Å². The van der Waals surface area contributed by atoms with Crippen molar-refractivity contribution >= 4 is 28.6 Å². The van der Waals surface area contributed by atoms with Crippen LogP contribution in [-0.2, 0) is 6.18 Å². The molecule has 0 saturated carbocycles. The van der Waals surface area contributed by atoms with Crippen LogP contribution in [0.15, 0.2) is 35.0 Å². The van der Waals surface area contributed by atoms with Gasteiger partial charge >= 0.3 is 6.18 Å². The molecule has 1 aromatic carbocycles. The second kappa shape index (κ2) is 5.43. The Balaban J connectivity index is 2.23. The van der Waals surface area contributed by atoms with Gasteiger partial charge in [0.05, 0.1) is 5.56 Å². The topological polar surface area (TPSA) is 12.0 Å². The van der Waals surface area contributed by atoms with Crippen molar-refractivity contribution in [2.24, 2.45) is 0 Å². The third-order valence-electron chi connectivity index (χ3n) is 2.65. The second-order valence-corrected chi connectivity index (χ2v) is 5.37. The lowest BCUT2D eigenvalue weighted by atomic mass is 10.1. The summed E-state index contributed by atoms with van der Waals surface area (Å²) >= 11 is 7.27. The van der Waals surface area contributed by atoms with Gasteiger partial charge in [0.25, 0.3) is 0 Å². The van der Waals surface area contributed by atoms with Crippen LogP contribution in [0.1, 0.15) is 24.1 Å². The number of thiophene rings is 1. The molecule has 0 spiro atoms. The number of benzene rings is 1. The molecular weight excluding hydrogens is 295 g/mol. The highest BCUT2D eigenvalue weighted by atomic mass is 35.5. The minimum Gasteiger partial charge on any atom is -0.378 e. The lowest BCUT2D eigenvalue weighted by Crippen LogP contribution is -2.09. The fraction of sp³-hybridized carbons (Fsp3) is 0.231. The fourth-order valence-electron chi connectivity index (χ4n) is 1.69. The van der Waals surface area contributed by atoms with Gasteiger partial charge in [-0.3, -0.25) is 0 Å². The summed E-state index contributed by atoms with van der Waals surface area (Å²) in [6.45, 7) is 1.89. The predicted molar refractivity (Wildman–Crippen MR) is 72.8 cm³/mol. The van der Waals surface area contributed by atoms with Crippen molar-refractivity contribution in [3.63, 3.8) is 0 Å². The van der Waals surface area contributed by atoms with Crippen molar-refractivity contribution in [3.05, 3.63) is 51.2 Å². The summed E-state index contributed by atoms with van der Waals surface area (Å²) in [5.74, 6) is 0. The summed E-state index contributed by atoms with van der Waals surface area (Å²) in [6, 6.07) is 5.32. The first-order chi connectivity index (χ1) is 8.86. The average Bonchev–Trinajstić information content (AvgIpc) is 2.80. The second-order valence-electron chi connectivity index (χ2n) is 4.15. The maximum absolute atomic E-state index is 12.7. The number of hydrogen-bond acceptors (Lipinski definition) is 2. The molecule has 0 aliphatic rings. The maximum atomic E-state index is 12.7. The van der Waals surface area contributed by atoms with E-state index in [9.17, 15) is 13.2 Å². The van der Waals surface area contributed by atoms with E-state index in [0.29, 0.717) is 5.69 Å². The predicted octanol–water partition coefficient (Wildman–Crippen LogP) is 5.59. The molecule has 0 bridgehead atoms. The summed E-state index contributed by atoms with van der Waals surface area (Å²) < 4.78 is 38.0. The highest BCUT2D eigenvalue weighted by molar-refractivity contribution is 7.07. The van der Waals surface area contributed by atoms with Crippen molar-refractivity contribution in [3.8, 4) is 0 Å². The standard InChI is InChI=1S/C13H11ClF3NS/c1-8(9-2-3-19-7-9)18-12-5-10(13(15,16)17)4-11(14)6-12/h2-8,18H,1H3. The normalized spacial score (nSPS) is 13.3. The van der Waals surface area contributed by atoms with Gasteiger partial charge in [-0.05, 0) is 47.5 Å². The molecule has 0 saturated heterocycles. The van der Waals surface area contributed by atoms with E-state index in [1.165, 1.54) is 6.07 Å². The molecule has 0 aliphatic heterocycles. The Bertz CT molecular complexity index is 552. The van der Waals surface area contributed by atoms with Crippen LogP contribution in [0.25, 0.3) is 0 Å². The van der Waals surface area contributed by atoms with Gasteiger partial charge in [0.15, 0.2) is 0 Å². The van der Waals surface area contributed by atoms with Gasteiger partial charge in [-0.2, -0.15) is 24.5 Å². The molecule has 1 unspecified atom stereocenters. The molecule has 6 heteroatoms. The zero-order chi connectivity index (χ0) is 14.0. The molecule has 102 valence electrons. The molecule has 1 N–H and O–H groups in total. The summed E-state index contributed by atoms with van der Waals surface area (Å²) in [6.07, 6.45) is -4.40. The van der Waals surface area contributed by atoms with Crippen molar-refractivity contribution in [2.45, 2.75) is 19.1 Å². The van der Waals surface area contributed by atoms with E-state index < -0.39 is 11.7 Å². The number of nitrogens with one attached hydrogen (secondary N) is 1. The van der Waals surface area contributed by atoms with E-state index >= 15 is 0 Å².